The van der Waals surface area contributed by atoms with Crippen LogP contribution in [0.4, 0.5) is 0 Å². The number of hydrogen-bond acceptors (Lipinski definition) is 3. The molecule has 1 fully saturated rings. The van der Waals surface area contributed by atoms with Crippen LogP contribution in [-0.2, 0) is 9.59 Å². The van der Waals surface area contributed by atoms with Crippen molar-refractivity contribution in [2.45, 2.75) is 25.5 Å². The molecule has 2 atom stereocenters. The van der Waals surface area contributed by atoms with E-state index < -0.39 is 18.1 Å². The first-order chi connectivity index (χ1) is 5.54. The van der Waals surface area contributed by atoms with Crippen molar-refractivity contribution in [1.82, 2.24) is 4.90 Å². The van der Waals surface area contributed by atoms with Crippen LogP contribution in [0.1, 0.15) is 13.3 Å². The molecule has 2 N–H and O–H groups in total. The van der Waals surface area contributed by atoms with E-state index in [-0.39, 0.29) is 5.91 Å². The number of hydrogen-bond donors (Lipinski definition) is 2. The van der Waals surface area contributed by atoms with Gasteiger partial charge < -0.3 is 15.1 Å². The highest BCUT2D eigenvalue weighted by Gasteiger charge is 2.39. The maximum absolute atomic E-state index is 10.9. The van der Waals surface area contributed by atoms with Gasteiger partial charge in [-0.05, 0) is 6.42 Å². The van der Waals surface area contributed by atoms with Gasteiger partial charge in [-0.3, -0.25) is 4.79 Å². The first kappa shape index (κ1) is 8.99. The Balaban J connectivity index is 2.77. The zero-order valence-electron chi connectivity index (χ0n) is 6.73. The van der Waals surface area contributed by atoms with Gasteiger partial charge in [-0.1, -0.05) is 0 Å². The molecule has 0 aromatic rings. The number of carboxylic acid groups (broad SMARTS) is 1. The first-order valence-electron chi connectivity index (χ1n) is 3.72. The number of carboxylic acids is 1. The van der Waals surface area contributed by atoms with E-state index >= 15 is 0 Å². The molecule has 0 aliphatic carbocycles. The van der Waals surface area contributed by atoms with Gasteiger partial charge >= 0.3 is 5.97 Å². The van der Waals surface area contributed by atoms with Crippen molar-refractivity contribution < 1.29 is 19.8 Å². The van der Waals surface area contributed by atoms with Crippen LogP contribution in [0, 0.1) is 0 Å². The Morgan fingerprint density at radius 2 is 2.08 bits per heavy atom. The lowest BCUT2D eigenvalue weighted by atomic mass is 10.2. The number of aliphatic hydroxyl groups excluding tert-OH is 1. The quantitative estimate of drug-likeness (QED) is 0.536. The Hall–Kier alpha value is -1.10. The molecule has 5 nitrogen and oxygen atoms in total. The molecule has 0 unspecified atom stereocenters. The monoisotopic (exact) mass is 173 g/mol. The fraction of sp³-hybridized carbons (Fsp3) is 0.714. The van der Waals surface area contributed by atoms with Crippen molar-refractivity contribution in [2.24, 2.45) is 0 Å². The zero-order chi connectivity index (χ0) is 9.30. The molecule has 0 radical (unpaired) electrons. The molecular weight excluding hydrogens is 162 g/mol. The van der Waals surface area contributed by atoms with Gasteiger partial charge in [0.15, 0.2) is 6.04 Å². The molecule has 1 heterocycles. The SMILES string of the molecule is CC(=O)N1CC[C@H](O)[C@H]1C(=O)O. The van der Waals surface area contributed by atoms with E-state index in [0.29, 0.717) is 13.0 Å². The maximum atomic E-state index is 10.9. The fourth-order valence-electron chi connectivity index (χ4n) is 1.43. The number of rotatable bonds is 1. The number of amides is 1. The van der Waals surface area contributed by atoms with E-state index in [2.05, 4.69) is 0 Å². The smallest absolute Gasteiger partial charge is 0.329 e. The second-order valence-corrected chi connectivity index (χ2v) is 2.85. The Kier molecular flexibility index (Phi) is 2.32. The highest BCUT2D eigenvalue weighted by molar-refractivity contribution is 5.83. The van der Waals surface area contributed by atoms with Gasteiger partial charge in [0.1, 0.15) is 0 Å². The van der Waals surface area contributed by atoms with Gasteiger partial charge in [0.05, 0.1) is 6.10 Å². The topological polar surface area (TPSA) is 77.8 Å². The first-order valence-corrected chi connectivity index (χ1v) is 3.72. The van der Waals surface area contributed by atoms with Crippen molar-refractivity contribution in [3.05, 3.63) is 0 Å². The molecule has 5 heteroatoms. The third-order valence-corrected chi connectivity index (χ3v) is 2.02. The summed E-state index contributed by atoms with van der Waals surface area (Å²) >= 11 is 0. The second-order valence-electron chi connectivity index (χ2n) is 2.85. The summed E-state index contributed by atoms with van der Waals surface area (Å²) in [4.78, 5) is 22.6. The summed E-state index contributed by atoms with van der Waals surface area (Å²) < 4.78 is 0. The molecule has 1 amide bonds. The number of nitrogens with zero attached hydrogens (tertiary/aromatic N) is 1. The lowest BCUT2D eigenvalue weighted by Crippen LogP contribution is -2.44. The minimum absolute atomic E-state index is 0.307. The fourth-order valence-corrected chi connectivity index (χ4v) is 1.43. The zero-order valence-corrected chi connectivity index (χ0v) is 6.73. The van der Waals surface area contributed by atoms with Crippen molar-refractivity contribution in [2.75, 3.05) is 6.54 Å². The number of aliphatic hydroxyl groups is 1. The average molecular weight is 173 g/mol. The molecule has 1 rings (SSSR count). The maximum Gasteiger partial charge on any atom is 0.329 e. The van der Waals surface area contributed by atoms with E-state index in [9.17, 15) is 14.7 Å². The standard InChI is InChI=1S/C7H11NO4/c1-4(9)8-3-2-5(10)6(8)7(11)12/h5-6,10H,2-3H2,1H3,(H,11,12)/t5-,6-/m0/s1. The van der Waals surface area contributed by atoms with Gasteiger partial charge in [0, 0.05) is 13.5 Å². The van der Waals surface area contributed by atoms with Gasteiger partial charge in [0.25, 0.3) is 0 Å². The van der Waals surface area contributed by atoms with Crippen LogP contribution in [0.5, 0.6) is 0 Å². The largest absolute Gasteiger partial charge is 0.480 e. The number of carbonyl (C=O) groups excluding carboxylic acids is 1. The number of aliphatic carboxylic acids is 1. The number of likely N-dealkylation sites (tertiary alicyclic amines) is 1. The van der Waals surface area contributed by atoms with Crippen molar-refractivity contribution in [3.63, 3.8) is 0 Å². The molecule has 0 saturated carbocycles. The third kappa shape index (κ3) is 1.40. The van der Waals surface area contributed by atoms with Gasteiger partial charge in [-0.15, -0.1) is 0 Å². The highest BCUT2D eigenvalue weighted by Crippen LogP contribution is 2.17. The summed E-state index contributed by atoms with van der Waals surface area (Å²) in [6.45, 7) is 1.63. The molecule has 1 saturated heterocycles. The van der Waals surface area contributed by atoms with E-state index in [4.69, 9.17) is 5.11 Å². The molecule has 0 aromatic carbocycles. The summed E-state index contributed by atoms with van der Waals surface area (Å²) in [5, 5.41) is 17.9. The lowest BCUT2D eigenvalue weighted by molar-refractivity contribution is -0.150. The highest BCUT2D eigenvalue weighted by atomic mass is 16.4. The van der Waals surface area contributed by atoms with Crippen LogP contribution in [0.25, 0.3) is 0 Å². The van der Waals surface area contributed by atoms with Crippen LogP contribution in [0.3, 0.4) is 0 Å². The average Bonchev–Trinajstić information content (AvgIpc) is 2.30. The van der Waals surface area contributed by atoms with Crippen molar-refractivity contribution in [1.29, 1.82) is 0 Å². The van der Waals surface area contributed by atoms with Crippen LogP contribution in [0.15, 0.2) is 0 Å². The van der Waals surface area contributed by atoms with Crippen LogP contribution in [0.2, 0.25) is 0 Å². The van der Waals surface area contributed by atoms with Crippen LogP contribution in [-0.4, -0.2) is 45.7 Å². The molecule has 0 spiro atoms. The summed E-state index contributed by atoms with van der Waals surface area (Å²) in [7, 11) is 0. The Morgan fingerprint density at radius 3 is 2.42 bits per heavy atom. The van der Waals surface area contributed by atoms with E-state index in [1.807, 2.05) is 0 Å². The summed E-state index contributed by atoms with van der Waals surface area (Å²) in [6, 6.07) is -1.05. The Morgan fingerprint density at radius 1 is 1.50 bits per heavy atom. The van der Waals surface area contributed by atoms with Gasteiger partial charge in [-0.2, -0.15) is 0 Å². The molecule has 12 heavy (non-hydrogen) atoms. The third-order valence-electron chi connectivity index (χ3n) is 2.02. The molecule has 1 aliphatic heterocycles. The Labute approximate surface area is 69.6 Å². The number of carbonyl (C=O) groups is 2. The lowest BCUT2D eigenvalue weighted by Gasteiger charge is -2.20. The summed E-state index contributed by atoms with van der Waals surface area (Å²) in [5.74, 6) is -1.45. The van der Waals surface area contributed by atoms with Gasteiger partial charge in [0.2, 0.25) is 5.91 Å². The van der Waals surface area contributed by atoms with Gasteiger partial charge in [-0.25, -0.2) is 4.79 Å². The van der Waals surface area contributed by atoms with Crippen LogP contribution >= 0.6 is 0 Å². The molecule has 0 bridgehead atoms. The van der Waals surface area contributed by atoms with E-state index in [1.165, 1.54) is 11.8 Å². The molecule has 0 aromatic heterocycles. The summed E-state index contributed by atoms with van der Waals surface area (Å²) in [5.41, 5.74) is 0. The normalized spacial score (nSPS) is 29.0. The summed E-state index contributed by atoms with van der Waals surface area (Å²) in [6.07, 6.45) is -0.581. The van der Waals surface area contributed by atoms with Crippen molar-refractivity contribution in [3.8, 4) is 0 Å². The molecular formula is C7H11NO4. The van der Waals surface area contributed by atoms with Crippen molar-refractivity contribution >= 4 is 11.9 Å². The van der Waals surface area contributed by atoms with E-state index in [0.717, 1.165) is 0 Å². The Bertz CT molecular complexity index is 215. The minimum atomic E-state index is -1.14. The van der Waals surface area contributed by atoms with Crippen LogP contribution < -0.4 is 0 Å². The van der Waals surface area contributed by atoms with E-state index in [1.54, 1.807) is 0 Å². The molecule has 1 aliphatic rings. The minimum Gasteiger partial charge on any atom is -0.480 e. The predicted molar refractivity (Wildman–Crippen MR) is 39.4 cm³/mol. The molecule has 68 valence electrons. The predicted octanol–water partition coefficient (Wildman–Crippen LogP) is -0.947. The second kappa shape index (κ2) is 3.10.